The minimum absolute atomic E-state index is 0.109. The zero-order valence-electron chi connectivity index (χ0n) is 10.3. The van der Waals surface area contributed by atoms with Gasteiger partial charge in [-0.2, -0.15) is 0 Å². The Bertz CT molecular complexity index is 319. The molecule has 1 unspecified atom stereocenters. The summed E-state index contributed by atoms with van der Waals surface area (Å²) in [5.41, 5.74) is 4.93. The van der Waals surface area contributed by atoms with Crippen molar-refractivity contribution >= 4 is 17.9 Å². The highest BCUT2D eigenvalue weighted by molar-refractivity contribution is 5.89. The SMILES string of the molecule is CC(C)C(NC(N)=O)C(=O)N[C@H](CCO)C(=O)O. The van der Waals surface area contributed by atoms with Crippen molar-refractivity contribution < 1.29 is 24.6 Å². The highest BCUT2D eigenvalue weighted by Gasteiger charge is 2.27. The molecule has 0 heterocycles. The van der Waals surface area contributed by atoms with Crippen LogP contribution in [-0.4, -0.2) is 46.8 Å². The molecule has 0 rings (SSSR count). The van der Waals surface area contributed by atoms with Gasteiger partial charge in [-0.3, -0.25) is 4.79 Å². The van der Waals surface area contributed by atoms with Crippen molar-refractivity contribution in [2.24, 2.45) is 11.7 Å². The number of carbonyl (C=O) groups excluding carboxylic acids is 2. The number of carboxylic acid groups (broad SMARTS) is 1. The number of urea groups is 1. The number of carbonyl (C=O) groups is 3. The number of rotatable bonds is 7. The molecule has 6 N–H and O–H groups in total. The fourth-order valence-electron chi connectivity index (χ4n) is 1.34. The van der Waals surface area contributed by atoms with Crippen molar-refractivity contribution in [3.05, 3.63) is 0 Å². The van der Waals surface area contributed by atoms with Crippen LogP contribution in [0.3, 0.4) is 0 Å². The van der Waals surface area contributed by atoms with Gasteiger partial charge in [0.05, 0.1) is 0 Å². The second kappa shape index (κ2) is 7.49. The monoisotopic (exact) mass is 261 g/mol. The van der Waals surface area contributed by atoms with Crippen LogP contribution in [0, 0.1) is 5.92 Å². The minimum Gasteiger partial charge on any atom is -0.480 e. The van der Waals surface area contributed by atoms with E-state index in [1.54, 1.807) is 13.8 Å². The molecule has 3 amide bonds. The molecule has 0 saturated heterocycles. The lowest BCUT2D eigenvalue weighted by Gasteiger charge is -2.22. The van der Waals surface area contributed by atoms with E-state index in [1.165, 1.54) is 0 Å². The number of aliphatic hydroxyl groups excluding tert-OH is 1. The average molecular weight is 261 g/mol. The largest absolute Gasteiger partial charge is 0.480 e. The molecule has 8 nitrogen and oxygen atoms in total. The maximum absolute atomic E-state index is 11.8. The molecule has 0 bridgehead atoms. The van der Waals surface area contributed by atoms with Crippen molar-refractivity contribution in [3.8, 4) is 0 Å². The fourth-order valence-corrected chi connectivity index (χ4v) is 1.34. The normalized spacial score (nSPS) is 13.8. The predicted molar refractivity (Wildman–Crippen MR) is 62.6 cm³/mol. The Morgan fingerprint density at radius 3 is 2.11 bits per heavy atom. The molecular formula is C10H19N3O5. The Morgan fingerprint density at radius 1 is 1.22 bits per heavy atom. The third-order valence-corrected chi connectivity index (χ3v) is 2.28. The summed E-state index contributed by atoms with van der Waals surface area (Å²) in [6, 6.07) is -2.97. The summed E-state index contributed by atoms with van der Waals surface area (Å²) in [4.78, 5) is 33.3. The summed E-state index contributed by atoms with van der Waals surface area (Å²) in [6.07, 6.45) is -0.109. The second-order valence-corrected chi connectivity index (χ2v) is 4.14. The van der Waals surface area contributed by atoms with E-state index in [2.05, 4.69) is 10.6 Å². The van der Waals surface area contributed by atoms with Crippen LogP contribution in [-0.2, 0) is 9.59 Å². The van der Waals surface area contributed by atoms with Gasteiger partial charge in [0, 0.05) is 13.0 Å². The lowest BCUT2D eigenvalue weighted by molar-refractivity contribution is -0.142. The van der Waals surface area contributed by atoms with Gasteiger partial charge in [-0.05, 0) is 5.92 Å². The van der Waals surface area contributed by atoms with Gasteiger partial charge >= 0.3 is 12.0 Å². The Balaban J connectivity index is 4.66. The van der Waals surface area contributed by atoms with Gasteiger partial charge < -0.3 is 26.6 Å². The molecule has 0 radical (unpaired) electrons. The molecule has 0 aliphatic rings. The number of amides is 3. The van der Waals surface area contributed by atoms with E-state index in [9.17, 15) is 14.4 Å². The highest BCUT2D eigenvalue weighted by Crippen LogP contribution is 2.03. The molecule has 0 aliphatic carbocycles. The van der Waals surface area contributed by atoms with Crippen molar-refractivity contribution in [1.29, 1.82) is 0 Å². The Hall–Kier alpha value is -1.83. The van der Waals surface area contributed by atoms with Gasteiger partial charge in [-0.25, -0.2) is 9.59 Å². The zero-order valence-corrected chi connectivity index (χ0v) is 10.3. The minimum atomic E-state index is -1.25. The lowest BCUT2D eigenvalue weighted by atomic mass is 10.0. The van der Waals surface area contributed by atoms with E-state index in [0.717, 1.165) is 0 Å². The van der Waals surface area contributed by atoms with Gasteiger partial charge in [0.15, 0.2) is 0 Å². The van der Waals surface area contributed by atoms with Crippen LogP contribution in [0.5, 0.6) is 0 Å². The van der Waals surface area contributed by atoms with Crippen molar-refractivity contribution in [3.63, 3.8) is 0 Å². The van der Waals surface area contributed by atoms with Gasteiger partial charge in [0.1, 0.15) is 12.1 Å². The number of carboxylic acids is 1. The van der Waals surface area contributed by atoms with E-state index < -0.39 is 30.0 Å². The molecule has 0 aromatic rings. The van der Waals surface area contributed by atoms with Crippen LogP contribution in [0.1, 0.15) is 20.3 Å². The molecule has 0 fully saturated rings. The number of nitrogens with one attached hydrogen (secondary N) is 2. The Kier molecular flexibility index (Phi) is 6.73. The summed E-state index contributed by atoms with van der Waals surface area (Å²) in [5.74, 6) is -2.15. The van der Waals surface area contributed by atoms with Crippen LogP contribution in [0.4, 0.5) is 4.79 Å². The van der Waals surface area contributed by atoms with Gasteiger partial charge in [0.25, 0.3) is 0 Å². The van der Waals surface area contributed by atoms with E-state index in [1.807, 2.05) is 0 Å². The average Bonchev–Trinajstić information content (AvgIpc) is 2.24. The predicted octanol–water partition coefficient (Wildman–Crippen LogP) is -1.37. The molecule has 0 aromatic carbocycles. The number of aliphatic hydroxyl groups is 1. The standard InChI is InChI=1S/C10H19N3O5/c1-5(2)7(13-10(11)18)8(15)12-6(3-4-14)9(16)17/h5-7,14H,3-4H2,1-2H3,(H,12,15)(H,16,17)(H3,11,13,18)/t6-,7?/m1/s1. The molecule has 0 spiro atoms. The topological polar surface area (TPSA) is 142 Å². The summed E-state index contributed by atoms with van der Waals surface area (Å²) in [7, 11) is 0. The quantitative estimate of drug-likeness (QED) is 0.384. The molecule has 2 atom stereocenters. The smallest absolute Gasteiger partial charge is 0.326 e. The van der Waals surface area contributed by atoms with Gasteiger partial charge in [-0.15, -0.1) is 0 Å². The summed E-state index contributed by atoms with van der Waals surface area (Å²) in [6.45, 7) is 3.00. The van der Waals surface area contributed by atoms with Crippen molar-refractivity contribution in [2.45, 2.75) is 32.4 Å². The first kappa shape index (κ1) is 16.2. The van der Waals surface area contributed by atoms with E-state index in [4.69, 9.17) is 15.9 Å². The number of hydrogen-bond acceptors (Lipinski definition) is 4. The number of nitrogens with two attached hydrogens (primary N) is 1. The number of aliphatic carboxylic acids is 1. The highest BCUT2D eigenvalue weighted by atomic mass is 16.4. The molecule has 18 heavy (non-hydrogen) atoms. The molecular weight excluding hydrogens is 242 g/mol. The van der Waals surface area contributed by atoms with Crippen LogP contribution in [0.15, 0.2) is 0 Å². The first-order chi connectivity index (χ1) is 8.29. The van der Waals surface area contributed by atoms with Crippen LogP contribution < -0.4 is 16.4 Å². The summed E-state index contributed by atoms with van der Waals surface area (Å²) >= 11 is 0. The summed E-state index contributed by atoms with van der Waals surface area (Å²) in [5, 5.41) is 22.0. The van der Waals surface area contributed by atoms with Gasteiger partial charge in [-0.1, -0.05) is 13.8 Å². The zero-order chi connectivity index (χ0) is 14.3. The Morgan fingerprint density at radius 2 is 1.78 bits per heavy atom. The fraction of sp³-hybridized carbons (Fsp3) is 0.700. The molecule has 0 saturated carbocycles. The van der Waals surface area contributed by atoms with Gasteiger partial charge in [0.2, 0.25) is 5.91 Å². The third-order valence-electron chi connectivity index (χ3n) is 2.28. The molecule has 8 heteroatoms. The maximum atomic E-state index is 11.8. The maximum Gasteiger partial charge on any atom is 0.326 e. The van der Waals surface area contributed by atoms with E-state index >= 15 is 0 Å². The Labute approximate surface area is 105 Å². The number of hydrogen-bond donors (Lipinski definition) is 5. The number of primary amides is 1. The van der Waals surface area contributed by atoms with Crippen LogP contribution in [0.2, 0.25) is 0 Å². The third kappa shape index (κ3) is 5.48. The molecule has 0 aromatic heterocycles. The lowest BCUT2D eigenvalue weighted by Crippen LogP contribution is -2.54. The molecule has 104 valence electrons. The van der Waals surface area contributed by atoms with Crippen LogP contribution in [0.25, 0.3) is 0 Å². The second-order valence-electron chi connectivity index (χ2n) is 4.14. The first-order valence-corrected chi connectivity index (χ1v) is 5.49. The first-order valence-electron chi connectivity index (χ1n) is 5.49. The molecule has 0 aliphatic heterocycles. The van der Waals surface area contributed by atoms with Crippen LogP contribution >= 0.6 is 0 Å². The van der Waals surface area contributed by atoms with Crippen molar-refractivity contribution in [2.75, 3.05) is 6.61 Å². The van der Waals surface area contributed by atoms with E-state index in [-0.39, 0.29) is 18.9 Å². The summed E-state index contributed by atoms with van der Waals surface area (Å²) < 4.78 is 0. The van der Waals surface area contributed by atoms with E-state index in [0.29, 0.717) is 0 Å². The van der Waals surface area contributed by atoms with Crippen molar-refractivity contribution in [1.82, 2.24) is 10.6 Å².